The quantitative estimate of drug-likeness (QED) is 0.872. The first-order chi connectivity index (χ1) is 7.65. The zero-order valence-corrected chi connectivity index (χ0v) is 10.6. The van der Waals surface area contributed by atoms with Gasteiger partial charge in [-0.25, -0.2) is 0 Å². The molecule has 2 nitrogen and oxygen atoms in total. The summed E-state index contributed by atoms with van der Waals surface area (Å²) in [7, 11) is 0. The van der Waals surface area contributed by atoms with Gasteiger partial charge in [0.15, 0.2) is 0 Å². The SMILES string of the molecule is NC1CC(NCCc2ccc(Cl)cc2Cl)C1. The highest BCUT2D eigenvalue weighted by atomic mass is 35.5. The van der Waals surface area contributed by atoms with Crippen LogP contribution >= 0.6 is 23.2 Å². The molecule has 4 heteroatoms. The lowest BCUT2D eigenvalue weighted by Gasteiger charge is -2.33. The lowest BCUT2D eigenvalue weighted by molar-refractivity contribution is 0.294. The second-order valence-corrected chi connectivity index (χ2v) is 5.21. The number of halogens is 2. The van der Waals surface area contributed by atoms with Gasteiger partial charge in [-0.3, -0.25) is 0 Å². The highest BCUT2D eigenvalue weighted by Crippen LogP contribution is 2.21. The van der Waals surface area contributed by atoms with Gasteiger partial charge >= 0.3 is 0 Å². The third-order valence-electron chi connectivity index (χ3n) is 3.02. The van der Waals surface area contributed by atoms with Crippen molar-refractivity contribution in [2.45, 2.75) is 31.3 Å². The molecule has 2 rings (SSSR count). The van der Waals surface area contributed by atoms with E-state index < -0.39 is 0 Å². The summed E-state index contributed by atoms with van der Waals surface area (Å²) in [5.41, 5.74) is 6.86. The first-order valence-electron chi connectivity index (χ1n) is 5.58. The van der Waals surface area contributed by atoms with E-state index in [0.717, 1.165) is 36.4 Å². The van der Waals surface area contributed by atoms with Crippen molar-refractivity contribution in [3.05, 3.63) is 33.8 Å². The summed E-state index contributed by atoms with van der Waals surface area (Å²) in [4.78, 5) is 0. The van der Waals surface area contributed by atoms with Crippen LogP contribution in [-0.2, 0) is 6.42 Å². The maximum atomic E-state index is 6.08. The number of benzene rings is 1. The number of nitrogens with one attached hydrogen (secondary N) is 1. The van der Waals surface area contributed by atoms with Gasteiger partial charge in [-0.1, -0.05) is 29.3 Å². The Morgan fingerprint density at radius 3 is 2.69 bits per heavy atom. The maximum absolute atomic E-state index is 6.08. The van der Waals surface area contributed by atoms with Crippen LogP contribution in [0.25, 0.3) is 0 Å². The Kier molecular flexibility index (Phi) is 4.09. The fourth-order valence-corrected chi connectivity index (χ4v) is 2.47. The van der Waals surface area contributed by atoms with Crippen molar-refractivity contribution in [3.63, 3.8) is 0 Å². The molecule has 1 aromatic carbocycles. The number of rotatable bonds is 4. The van der Waals surface area contributed by atoms with Gasteiger partial charge in [-0.2, -0.15) is 0 Å². The molecule has 0 spiro atoms. The molecule has 0 aliphatic heterocycles. The molecule has 1 aliphatic rings. The van der Waals surface area contributed by atoms with E-state index in [0.29, 0.717) is 17.1 Å². The third-order valence-corrected chi connectivity index (χ3v) is 3.60. The summed E-state index contributed by atoms with van der Waals surface area (Å²) >= 11 is 11.9. The minimum atomic E-state index is 0.400. The highest BCUT2D eigenvalue weighted by Gasteiger charge is 2.24. The van der Waals surface area contributed by atoms with Gasteiger partial charge < -0.3 is 11.1 Å². The molecule has 1 saturated carbocycles. The lowest BCUT2D eigenvalue weighted by atomic mass is 9.87. The molecule has 0 amide bonds. The fraction of sp³-hybridized carbons (Fsp3) is 0.500. The largest absolute Gasteiger partial charge is 0.328 e. The first kappa shape index (κ1) is 12.2. The van der Waals surface area contributed by atoms with Crippen LogP contribution in [-0.4, -0.2) is 18.6 Å². The van der Waals surface area contributed by atoms with Crippen LogP contribution in [0, 0.1) is 0 Å². The predicted octanol–water partition coefficient (Wildman–Crippen LogP) is 2.62. The second-order valence-electron chi connectivity index (χ2n) is 4.37. The Bertz CT molecular complexity index is 362. The van der Waals surface area contributed by atoms with E-state index in [1.165, 1.54) is 0 Å². The number of hydrogen-bond donors (Lipinski definition) is 2. The van der Waals surface area contributed by atoms with E-state index in [-0.39, 0.29) is 0 Å². The molecule has 1 aliphatic carbocycles. The Morgan fingerprint density at radius 2 is 2.06 bits per heavy atom. The minimum Gasteiger partial charge on any atom is -0.328 e. The third kappa shape index (κ3) is 3.11. The molecule has 0 heterocycles. The molecular weight excluding hydrogens is 243 g/mol. The van der Waals surface area contributed by atoms with E-state index in [1.807, 2.05) is 12.1 Å². The van der Waals surface area contributed by atoms with Crippen molar-refractivity contribution in [3.8, 4) is 0 Å². The van der Waals surface area contributed by atoms with E-state index in [1.54, 1.807) is 6.07 Å². The summed E-state index contributed by atoms with van der Waals surface area (Å²) in [6.07, 6.45) is 3.12. The van der Waals surface area contributed by atoms with Crippen LogP contribution in [0.2, 0.25) is 10.0 Å². The minimum absolute atomic E-state index is 0.400. The van der Waals surface area contributed by atoms with Crippen molar-refractivity contribution < 1.29 is 0 Å². The van der Waals surface area contributed by atoms with Gasteiger partial charge in [-0.05, 0) is 43.5 Å². The fourth-order valence-electron chi connectivity index (χ4n) is 1.96. The van der Waals surface area contributed by atoms with Crippen LogP contribution in [0.1, 0.15) is 18.4 Å². The van der Waals surface area contributed by atoms with Gasteiger partial charge in [0.25, 0.3) is 0 Å². The average Bonchev–Trinajstić information content (AvgIpc) is 2.18. The Labute approximate surface area is 106 Å². The zero-order chi connectivity index (χ0) is 11.5. The molecule has 0 bridgehead atoms. The molecule has 3 N–H and O–H groups in total. The molecule has 1 aromatic rings. The molecule has 0 saturated heterocycles. The Hall–Kier alpha value is -0.280. The van der Waals surface area contributed by atoms with Crippen LogP contribution in [0.15, 0.2) is 18.2 Å². The standard InChI is InChI=1S/C12H16Cl2N2/c13-9-2-1-8(12(14)5-9)3-4-16-11-6-10(15)7-11/h1-2,5,10-11,16H,3-4,6-7,15H2. The maximum Gasteiger partial charge on any atom is 0.0453 e. The van der Waals surface area contributed by atoms with Crippen molar-refractivity contribution in [1.82, 2.24) is 5.32 Å². The normalized spacial score (nSPS) is 24.2. The van der Waals surface area contributed by atoms with Crippen molar-refractivity contribution in [1.29, 1.82) is 0 Å². The van der Waals surface area contributed by atoms with E-state index in [4.69, 9.17) is 28.9 Å². The number of hydrogen-bond acceptors (Lipinski definition) is 2. The van der Waals surface area contributed by atoms with Crippen LogP contribution in [0.5, 0.6) is 0 Å². The van der Waals surface area contributed by atoms with Crippen LogP contribution in [0.4, 0.5) is 0 Å². The lowest BCUT2D eigenvalue weighted by Crippen LogP contribution is -2.48. The first-order valence-corrected chi connectivity index (χ1v) is 6.33. The van der Waals surface area contributed by atoms with Crippen molar-refractivity contribution >= 4 is 23.2 Å². The van der Waals surface area contributed by atoms with Crippen molar-refractivity contribution in [2.24, 2.45) is 5.73 Å². The van der Waals surface area contributed by atoms with Gasteiger partial charge in [0.05, 0.1) is 0 Å². The topological polar surface area (TPSA) is 38.0 Å². The van der Waals surface area contributed by atoms with Gasteiger partial charge in [0.2, 0.25) is 0 Å². The van der Waals surface area contributed by atoms with Gasteiger partial charge in [0, 0.05) is 22.1 Å². The van der Waals surface area contributed by atoms with E-state index in [2.05, 4.69) is 5.32 Å². The molecule has 0 aromatic heterocycles. The van der Waals surface area contributed by atoms with E-state index >= 15 is 0 Å². The summed E-state index contributed by atoms with van der Waals surface area (Å²) in [5, 5.41) is 4.90. The number of nitrogens with two attached hydrogens (primary N) is 1. The molecule has 16 heavy (non-hydrogen) atoms. The summed E-state index contributed by atoms with van der Waals surface area (Å²) in [5.74, 6) is 0. The highest BCUT2D eigenvalue weighted by molar-refractivity contribution is 6.35. The Balaban J connectivity index is 1.76. The smallest absolute Gasteiger partial charge is 0.0453 e. The van der Waals surface area contributed by atoms with Crippen molar-refractivity contribution in [2.75, 3.05) is 6.54 Å². The van der Waals surface area contributed by atoms with Gasteiger partial charge in [0.1, 0.15) is 0 Å². The Morgan fingerprint density at radius 1 is 1.31 bits per heavy atom. The van der Waals surface area contributed by atoms with E-state index in [9.17, 15) is 0 Å². The predicted molar refractivity (Wildman–Crippen MR) is 69.2 cm³/mol. The monoisotopic (exact) mass is 258 g/mol. The summed E-state index contributed by atoms with van der Waals surface area (Å²) in [6, 6.07) is 6.65. The summed E-state index contributed by atoms with van der Waals surface area (Å²) in [6.45, 7) is 0.943. The van der Waals surface area contributed by atoms with Crippen LogP contribution < -0.4 is 11.1 Å². The molecule has 0 unspecified atom stereocenters. The zero-order valence-electron chi connectivity index (χ0n) is 9.05. The molecule has 0 radical (unpaired) electrons. The molecule has 1 fully saturated rings. The summed E-state index contributed by atoms with van der Waals surface area (Å²) < 4.78 is 0. The van der Waals surface area contributed by atoms with Gasteiger partial charge in [-0.15, -0.1) is 0 Å². The molecule has 88 valence electrons. The average molecular weight is 259 g/mol. The molecular formula is C12H16Cl2N2. The second kappa shape index (κ2) is 5.37. The molecule has 0 atom stereocenters. The van der Waals surface area contributed by atoms with Crippen LogP contribution in [0.3, 0.4) is 0 Å².